The van der Waals surface area contributed by atoms with Gasteiger partial charge >= 0.3 is 0 Å². The molecular weight excluding hydrogens is 406 g/mol. The van der Waals surface area contributed by atoms with E-state index in [9.17, 15) is 13.2 Å². The second-order valence-electron chi connectivity index (χ2n) is 7.28. The van der Waals surface area contributed by atoms with Crippen molar-refractivity contribution in [1.82, 2.24) is 34.2 Å². The van der Waals surface area contributed by atoms with Crippen molar-refractivity contribution in [2.24, 2.45) is 7.05 Å². The summed E-state index contributed by atoms with van der Waals surface area (Å²) >= 11 is 0. The van der Waals surface area contributed by atoms with E-state index in [1.807, 2.05) is 30.3 Å². The van der Waals surface area contributed by atoms with E-state index in [2.05, 4.69) is 20.6 Å². The van der Waals surface area contributed by atoms with Crippen molar-refractivity contribution >= 4 is 15.9 Å². The molecule has 0 aliphatic carbocycles. The molecule has 30 heavy (non-hydrogen) atoms. The second kappa shape index (κ2) is 8.36. The van der Waals surface area contributed by atoms with E-state index in [1.165, 1.54) is 21.5 Å². The Morgan fingerprint density at radius 1 is 1.23 bits per heavy atom. The van der Waals surface area contributed by atoms with Crippen molar-refractivity contribution in [3.63, 3.8) is 0 Å². The molecule has 11 heteroatoms. The maximum atomic E-state index is 12.9. The van der Waals surface area contributed by atoms with Crippen molar-refractivity contribution in [3.8, 4) is 0 Å². The zero-order valence-electron chi connectivity index (χ0n) is 16.5. The molecule has 2 aromatic heterocycles. The first-order valence-electron chi connectivity index (χ1n) is 9.65. The van der Waals surface area contributed by atoms with Crippen molar-refractivity contribution in [2.45, 2.75) is 37.0 Å². The van der Waals surface area contributed by atoms with Crippen LogP contribution in [0.15, 0.2) is 54.1 Å². The number of carbonyl (C=O) groups excluding carboxylic acids is 1. The highest BCUT2D eigenvalue weighted by molar-refractivity contribution is 7.89. The number of aromatic nitrogens is 5. The van der Waals surface area contributed by atoms with Gasteiger partial charge in [-0.25, -0.2) is 13.4 Å². The number of hydrogen-bond acceptors (Lipinski definition) is 6. The van der Waals surface area contributed by atoms with Crippen LogP contribution in [-0.4, -0.2) is 55.8 Å². The number of aryl methyl sites for hydroxylation is 1. The molecule has 0 spiro atoms. The number of amides is 1. The van der Waals surface area contributed by atoms with Gasteiger partial charge in [-0.1, -0.05) is 35.5 Å². The summed E-state index contributed by atoms with van der Waals surface area (Å²) < 4.78 is 30.4. The fourth-order valence-electron chi connectivity index (χ4n) is 3.53. The predicted octanol–water partition coefficient (Wildman–Crippen LogP) is 0.795. The molecular formula is C19H23N7O3S. The van der Waals surface area contributed by atoms with Crippen molar-refractivity contribution in [1.29, 1.82) is 0 Å². The van der Waals surface area contributed by atoms with Crippen molar-refractivity contribution in [2.75, 3.05) is 6.54 Å². The van der Waals surface area contributed by atoms with Crippen molar-refractivity contribution in [3.05, 3.63) is 60.3 Å². The molecule has 1 amide bonds. The fraction of sp³-hybridized carbons (Fsp3) is 0.368. The Morgan fingerprint density at radius 3 is 2.77 bits per heavy atom. The van der Waals surface area contributed by atoms with Gasteiger partial charge < -0.3 is 9.88 Å². The van der Waals surface area contributed by atoms with Crippen LogP contribution in [0.5, 0.6) is 0 Å². The van der Waals surface area contributed by atoms with Crippen LogP contribution in [0, 0.1) is 0 Å². The average molecular weight is 430 g/mol. The van der Waals surface area contributed by atoms with Crippen LogP contribution in [0.4, 0.5) is 0 Å². The molecule has 1 atom stereocenters. The maximum Gasteiger partial charge on any atom is 0.273 e. The Labute approximate surface area is 174 Å². The summed E-state index contributed by atoms with van der Waals surface area (Å²) in [6, 6.07) is 9.31. The lowest BCUT2D eigenvalue weighted by Crippen LogP contribution is -2.38. The van der Waals surface area contributed by atoms with Gasteiger partial charge in [-0.2, -0.15) is 4.31 Å². The molecule has 3 aromatic rings. The molecule has 0 bridgehead atoms. The van der Waals surface area contributed by atoms with Crippen LogP contribution in [0.2, 0.25) is 0 Å². The minimum atomic E-state index is -3.68. The molecule has 10 nitrogen and oxygen atoms in total. The largest absolute Gasteiger partial charge is 0.347 e. The third-order valence-corrected chi connectivity index (χ3v) is 6.88. The number of sulfonamides is 1. The van der Waals surface area contributed by atoms with E-state index in [0.29, 0.717) is 26.1 Å². The molecule has 4 rings (SSSR count). The van der Waals surface area contributed by atoms with Crippen LogP contribution in [0.3, 0.4) is 0 Å². The fourth-order valence-corrected chi connectivity index (χ4v) is 5.18. The van der Waals surface area contributed by atoms with Gasteiger partial charge in [-0.3, -0.25) is 9.48 Å². The van der Waals surface area contributed by atoms with Crippen LogP contribution < -0.4 is 5.32 Å². The van der Waals surface area contributed by atoms with Crippen LogP contribution in [0.1, 0.15) is 28.9 Å². The number of hydrogen-bond donors (Lipinski definition) is 1. The average Bonchev–Trinajstić information content (AvgIpc) is 3.48. The molecule has 1 aliphatic heterocycles. The lowest BCUT2D eigenvalue weighted by Gasteiger charge is -2.22. The molecule has 1 aliphatic rings. The van der Waals surface area contributed by atoms with E-state index >= 15 is 0 Å². The topological polar surface area (TPSA) is 115 Å². The summed E-state index contributed by atoms with van der Waals surface area (Å²) in [5.41, 5.74) is 1.18. The molecule has 3 heterocycles. The quantitative estimate of drug-likeness (QED) is 0.594. The van der Waals surface area contributed by atoms with Gasteiger partial charge in [-0.05, 0) is 18.4 Å². The third kappa shape index (κ3) is 4.26. The first-order valence-corrected chi connectivity index (χ1v) is 11.1. The molecule has 1 aromatic carbocycles. The number of nitrogens with zero attached hydrogens (tertiary/aromatic N) is 6. The van der Waals surface area contributed by atoms with E-state index in [4.69, 9.17) is 0 Å². The van der Waals surface area contributed by atoms with E-state index in [1.54, 1.807) is 17.8 Å². The highest BCUT2D eigenvalue weighted by atomic mass is 32.2. The number of nitrogens with one attached hydrogen (secondary N) is 1. The monoisotopic (exact) mass is 429 g/mol. The Hall–Kier alpha value is -3.05. The Bertz CT molecular complexity index is 1120. The molecule has 0 radical (unpaired) electrons. The molecule has 0 unspecified atom stereocenters. The lowest BCUT2D eigenvalue weighted by atomic mass is 10.2. The zero-order chi connectivity index (χ0) is 21.1. The smallest absolute Gasteiger partial charge is 0.273 e. The normalized spacial score (nSPS) is 17.3. The minimum absolute atomic E-state index is 0.0384. The van der Waals surface area contributed by atoms with Gasteiger partial charge in [0.2, 0.25) is 0 Å². The number of benzene rings is 1. The van der Waals surface area contributed by atoms with Gasteiger partial charge in [-0.15, -0.1) is 5.10 Å². The molecule has 0 saturated carbocycles. The first-order chi connectivity index (χ1) is 14.4. The van der Waals surface area contributed by atoms with Crippen molar-refractivity contribution < 1.29 is 13.2 Å². The van der Waals surface area contributed by atoms with Gasteiger partial charge in [0.15, 0.2) is 10.7 Å². The summed E-state index contributed by atoms with van der Waals surface area (Å²) in [4.78, 5) is 16.3. The summed E-state index contributed by atoms with van der Waals surface area (Å²) in [5, 5.41) is 10.8. The summed E-state index contributed by atoms with van der Waals surface area (Å²) in [6.07, 6.45) is 5.98. The minimum Gasteiger partial charge on any atom is -0.347 e. The number of imidazole rings is 1. The number of carbonyl (C=O) groups is 1. The summed E-state index contributed by atoms with van der Waals surface area (Å²) in [5.74, 6) is -0.325. The second-order valence-corrected chi connectivity index (χ2v) is 9.12. The third-order valence-electron chi connectivity index (χ3n) is 5.04. The van der Waals surface area contributed by atoms with Crippen LogP contribution in [-0.2, 0) is 30.2 Å². The Morgan fingerprint density at radius 2 is 2.03 bits per heavy atom. The Kier molecular flexibility index (Phi) is 5.64. The SMILES string of the molecule is Cn1cnc(S(=O)(=O)N2CCC[C@H]2Cn2cc(C(=O)NCc3ccccc3)nn2)c1. The van der Waals surface area contributed by atoms with Gasteiger partial charge in [0.1, 0.15) is 0 Å². The van der Waals surface area contributed by atoms with Crippen LogP contribution in [0.25, 0.3) is 0 Å². The standard InChI is InChI=1S/C19H23N7O3S/c1-24-13-18(21-14-24)30(28,29)26-9-5-8-16(26)11-25-12-17(22-23-25)19(27)20-10-15-6-3-2-4-7-15/h2-4,6-7,12-14,16H,5,8-11H2,1H3,(H,20,27)/t16-/m0/s1. The Balaban J connectivity index is 1.41. The predicted molar refractivity (Wildman–Crippen MR) is 108 cm³/mol. The van der Waals surface area contributed by atoms with E-state index in [0.717, 1.165) is 12.0 Å². The maximum absolute atomic E-state index is 12.9. The molecule has 1 fully saturated rings. The molecule has 1 saturated heterocycles. The molecule has 1 N–H and O–H groups in total. The molecule has 158 valence electrons. The lowest BCUT2D eigenvalue weighted by molar-refractivity contribution is 0.0945. The summed E-state index contributed by atoms with van der Waals surface area (Å²) in [6.45, 7) is 1.15. The van der Waals surface area contributed by atoms with Gasteiger partial charge in [0, 0.05) is 32.4 Å². The highest BCUT2D eigenvalue weighted by Gasteiger charge is 2.37. The van der Waals surface area contributed by atoms with Gasteiger partial charge in [0.05, 0.1) is 19.1 Å². The van der Waals surface area contributed by atoms with Crippen LogP contribution >= 0.6 is 0 Å². The first kappa shape index (κ1) is 20.2. The number of rotatable bonds is 7. The summed E-state index contributed by atoms with van der Waals surface area (Å²) in [7, 11) is -1.95. The zero-order valence-corrected chi connectivity index (χ0v) is 17.4. The highest BCUT2D eigenvalue weighted by Crippen LogP contribution is 2.26. The van der Waals surface area contributed by atoms with E-state index in [-0.39, 0.29) is 22.7 Å². The van der Waals surface area contributed by atoms with E-state index < -0.39 is 10.0 Å². The van der Waals surface area contributed by atoms with Gasteiger partial charge in [0.25, 0.3) is 15.9 Å².